The normalized spacial score (nSPS) is 21.8. The number of carbonyl (C=O) groups is 1. The van der Waals surface area contributed by atoms with E-state index in [0.29, 0.717) is 6.54 Å². The first-order chi connectivity index (χ1) is 8.77. The number of pyridine rings is 1. The minimum atomic E-state index is -0.0660. The van der Waals surface area contributed by atoms with E-state index >= 15 is 0 Å². The second-order valence-electron chi connectivity index (χ2n) is 4.55. The molecule has 98 valence electrons. The third kappa shape index (κ3) is 2.52. The molecule has 2 rings (SSSR count). The number of likely N-dealkylation sites (N-methyl/N-ethyl adjacent to an activating group) is 1. The summed E-state index contributed by atoms with van der Waals surface area (Å²) in [5.74, 6) is 0.0786. The molecule has 1 fully saturated rings. The fourth-order valence-electron chi connectivity index (χ4n) is 2.65. The first-order valence-corrected chi connectivity index (χ1v) is 6.35. The molecule has 0 bridgehead atoms. The molecule has 18 heavy (non-hydrogen) atoms. The maximum Gasteiger partial charge on any atom is 0.237 e. The number of hydrogen-bond acceptors (Lipinski definition) is 4. The Morgan fingerprint density at radius 2 is 2.56 bits per heavy atom. The Balaban J connectivity index is 2.19. The van der Waals surface area contributed by atoms with Crippen molar-refractivity contribution >= 4 is 5.91 Å². The predicted octanol–water partition coefficient (Wildman–Crippen LogP) is 0.292. The van der Waals surface area contributed by atoms with Gasteiger partial charge in [-0.3, -0.25) is 14.7 Å². The summed E-state index contributed by atoms with van der Waals surface area (Å²) in [7, 11) is 1.68. The molecule has 1 aromatic rings. The molecular weight excluding hydrogens is 228 g/mol. The molecule has 1 aromatic heterocycles. The van der Waals surface area contributed by atoms with E-state index < -0.39 is 0 Å². The molecular formula is C13H20N4O. The Labute approximate surface area is 107 Å². The van der Waals surface area contributed by atoms with Gasteiger partial charge in [0.15, 0.2) is 0 Å². The molecule has 3 N–H and O–H groups in total. The van der Waals surface area contributed by atoms with Gasteiger partial charge in [-0.05, 0) is 31.0 Å². The van der Waals surface area contributed by atoms with Crippen LogP contribution in [-0.2, 0) is 4.79 Å². The zero-order chi connectivity index (χ0) is 13.0. The smallest absolute Gasteiger partial charge is 0.237 e. The number of nitrogens with zero attached hydrogens (tertiary/aromatic N) is 2. The van der Waals surface area contributed by atoms with Crippen LogP contribution in [0.25, 0.3) is 0 Å². The Morgan fingerprint density at radius 3 is 3.17 bits per heavy atom. The Morgan fingerprint density at radius 1 is 1.72 bits per heavy atom. The summed E-state index contributed by atoms with van der Waals surface area (Å²) in [6.07, 6.45) is 5.51. The molecule has 1 amide bonds. The van der Waals surface area contributed by atoms with Crippen molar-refractivity contribution in [2.75, 3.05) is 20.1 Å². The van der Waals surface area contributed by atoms with E-state index in [1.54, 1.807) is 13.2 Å². The second kappa shape index (κ2) is 5.93. The molecule has 2 unspecified atom stereocenters. The van der Waals surface area contributed by atoms with Crippen LogP contribution in [-0.4, -0.2) is 42.0 Å². The first kappa shape index (κ1) is 13.0. The van der Waals surface area contributed by atoms with Crippen molar-refractivity contribution in [1.29, 1.82) is 0 Å². The quantitative estimate of drug-likeness (QED) is 0.803. The lowest BCUT2D eigenvalue weighted by atomic mass is 10.1. The van der Waals surface area contributed by atoms with E-state index in [1.807, 2.05) is 18.3 Å². The summed E-state index contributed by atoms with van der Waals surface area (Å²) in [5.41, 5.74) is 6.97. The monoisotopic (exact) mass is 248 g/mol. The lowest BCUT2D eigenvalue weighted by molar-refractivity contribution is -0.125. The third-order valence-corrected chi connectivity index (χ3v) is 3.54. The average Bonchev–Trinajstić information content (AvgIpc) is 2.89. The van der Waals surface area contributed by atoms with Crippen molar-refractivity contribution in [2.45, 2.75) is 24.9 Å². The van der Waals surface area contributed by atoms with Gasteiger partial charge < -0.3 is 11.1 Å². The fourth-order valence-corrected chi connectivity index (χ4v) is 2.65. The van der Waals surface area contributed by atoms with E-state index in [4.69, 9.17) is 5.73 Å². The molecule has 1 saturated heterocycles. The highest BCUT2D eigenvalue weighted by Gasteiger charge is 2.34. The van der Waals surface area contributed by atoms with E-state index in [0.717, 1.165) is 24.9 Å². The number of rotatable bonds is 4. The van der Waals surface area contributed by atoms with Crippen LogP contribution >= 0.6 is 0 Å². The maximum absolute atomic E-state index is 11.9. The summed E-state index contributed by atoms with van der Waals surface area (Å²) in [6.45, 7) is 1.41. The third-order valence-electron chi connectivity index (χ3n) is 3.54. The predicted molar refractivity (Wildman–Crippen MR) is 69.8 cm³/mol. The van der Waals surface area contributed by atoms with Crippen molar-refractivity contribution in [3.63, 3.8) is 0 Å². The van der Waals surface area contributed by atoms with E-state index in [1.165, 1.54) is 0 Å². The van der Waals surface area contributed by atoms with Crippen LogP contribution in [0.2, 0.25) is 0 Å². The van der Waals surface area contributed by atoms with Crippen LogP contribution in [0, 0.1) is 0 Å². The molecule has 0 aliphatic carbocycles. The van der Waals surface area contributed by atoms with Crippen molar-refractivity contribution < 1.29 is 4.79 Å². The van der Waals surface area contributed by atoms with Crippen LogP contribution < -0.4 is 11.1 Å². The van der Waals surface area contributed by atoms with Gasteiger partial charge in [-0.25, -0.2) is 0 Å². The maximum atomic E-state index is 11.9. The number of amides is 1. The standard InChI is InChI=1S/C13H20N4O/c1-15-13(18)11-5-3-7-17(11)12(8-14)10-4-2-6-16-9-10/h2,4,6,9,11-12H,3,5,7-8,14H2,1H3,(H,15,18). The molecule has 5 nitrogen and oxygen atoms in total. The van der Waals surface area contributed by atoms with Gasteiger partial charge in [-0.15, -0.1) is 0 Å². The van der Waals surface area contributed by atoms with Gasteiger partial charge in [0.25, 0.3) is 0 Å². The molecule has 1 aliphatic heterocycles. The molecule has 5 heteroatoms. The van der Waals surface area contributed by atoms with E-state index in [-0.39, 0.29) is 18.0 Å². The van der Waals surface area contributed by atoms with Crippen molar-refractivity contribution in [2.24, 2.45) is 5.73 Å². The van der Waals surface area contributed by atoms with E-state index in [2.05, 4.69) is 15.2 Å². The SMILES string of the molecule is CNC(=O)C1CCCN1C(CN)c1cccnc1. The Kier molecular flexibility index (Phi) is 4.28. The summed E-state index contributed by atoms with van der Waals surface area (Å²) < 4.78 is 0. The number of nitrogens with one attached hydrogen (secondary N) is 1. The first-order valence-electron chi connectivity index (χ1n) is 6.35. The van der Waals surface area contributed by atoms with Crippen LogP contribution in [0.15, 0.2) is 24.5 Å². The Hall–Kier alpha value is -1.46. The van der Waals surface area contributed by atoms with Gasteiger partial charge in [0.2, 0.25) is 5.91 Å². The highest BCUT2D eigenvalue weighted by atomic mass is 16.2. The number of carbonyl (C=O) groups excluding carboxylic acids is 1. The lowest BCUT2D eigenvalue weighted by Crippen LogP contribution is -2.45. The van der Waals surface area contributed by atoms with Gasteiger partial charge >= 0.3 is 0 Å². The second-order valence-corrected chi connectivity index (χ2v) is 4.55. The van der Waals surface area contributed by atoms with Crippen LogP contribution in [0.3, 0.4) is 0 Å². The average molecular weight is 248 g/mol. The number of aromatic nitrogens is 1. The van der Waals surface area contributed by atoms with E-state index in [9.17, 15) is 4.79 Å². The number of likely N-dealkylation sites (tertiary alicyclic amines) is 1. The minimum Gasteiger partial charge on any atom is -0.358 e. The van der Waals surface area contributed by atoms with Gasteiger partial charge in [0.1, 0.15) is 0 Å². The van der Waals surface area contributed by atoms with Gasteiger partial charge in [0, 0.05) is 32.0 Å². The minimum absolute atomic E-state index is 0.0660. The molecule has 2 heterocycles. The Bertz CT molecular complexity index is 395. The molecule has 0 spiro atoms. The van der Waals surface area contributed by atoms with Gasteiger partial charge in [0.05, 0.1) is 6.04 Å². The summed E-state index contributed by atoms with van der Waals surface area (Å²) >= 11 is 0. The zero-order valence-electron chi connectivity index (χ0n) is 10.7. The molecule has 1 aliphatic rings. The fraction of sp³-hybridized carbons (Fsp3) is 0.538. The molecule has 0 saturated carbocycles. The molecule has 0 radical (unpaired) electrons. The van der Waals surface area contributed by atoms with Crippen molar-refractivity contribution in [3.05, 3.63) is 30.1 Å². The topological polar surface area (TPSA) is 71.2 Å². The molecule has 2 atom stereocenters. The molecule has 0 aromatic carbocycles. The van der Waals surface area contributed by atoms with Crippen LogP contribution in [0.1, 0.15) is 24.4 Å². The summed E-state index contributed by atoms with van der Waals surface area (Å²) in [4.78, 5) is 18.2. The van der Waals surface area contributed by atoms with Gasteiger partial charge in [-0.1, -0.05) is 6.07 Å². The highest BCUT2D eigenvalue weighted by molar-refractivity contribution is 5.81. The highest BCUT2D eigenvalue weighted by Crippen LogP contribution is 2.28. The van der Waals surface area contributed by atoms with Crippen molar-refractivity contribution in [1.82, 2.24) is 15.2 Å². The number of nitrogens with two attached hydrogens (primary N) is 1. The van der Waals surface area contributed by atoms with Gasteiger partial charge in [-0.2, -0.15) is 0 Å². The lowest BCUT2D eigenvalue weighted by Gasteiger charge is -2.31. The van der Waals surface area contributed by atoms with Crippen LogP contribution in [0.5, 0.6) is 0 Å². The zero-order valence-corrected chi connectivity index (χ0v) is 10.7. The summed E-state index contributed by atoms with van der Waals surface area (Å²) in [5, 5.41) is 2.73. The summed E-state index contributed by atoms with van der Waals surface area (Å²) in [6, 6.07) is 3.93. The van der Waals surface area contributed by atoms with Crippen LogP contribution in [0.4, 0.5) is 0 Å². The largest absolute Gasteiger partial charge is 0.358 e. The number of hydrogen-bond donors (Lipinski definition) is 2. The van der Waals surface area contributed by atoms with Crippen molar-refractivity contribution in [3.8, 4) is 0 Å².